The standard InChI is InChI=1S/C20H14N2O6/c23-20(21-13-5-10-18-19(11-13)27-12-26-18)16-3-1-2-4-17(16)28-15-8-6-14(7-9-15)22(24)25/h1-11H,12H2,(H,21,23). The number of amides is 1. The minimum absolute atomic E-state index is 0.0406. The van der Waals surface area contributed by atoms with Crippen LogP contribution in [0, 0.1) is 10.1 Å². The zero-order chi connectivity index (χ0) is 19.5. The molecular formula is C20H14N2O6. The van der Waals surface area contributed by atoms with Crippen LogP contribution in [0.5, 0.6) is 23.0 Å². The monoisotopic (exact) mass is 378 g/mol. The van der Waals surface area contributed by atoms with Crippen molar-refractivity contribution in [1.82, 2.24) is 0 Å². The summed E-state index contributed by atoms with van der Waals surface area (Å²) in [6, 6.07) is 17.5. The topological polar surface area (TPSA) is 99.9 Å². The lowest BCUT2D eigenvalue weighted by atomic mass is 10.1. The van der Waals surface area contributed by atoms with Gasteiger partial charge < -0.3 is 19.5 Å². The molecule has 140 valence electrons. The van der Waals surface area contributed by atoms with Crippen molar-refractivity contribution in [2.45, 2.75) is 0 Å². The second kappa shape index (κ2) is 7.28. The number of fused-ring (bicyclic) bond motifs is 1. The lowest BCUT2D eigenvalue weighted by Crippen LogP contribution is -2.12. The molecule has 8 heteroatoms. The van der Waals surface area contributed by atoms with E-state index in [-0.39, 0.29) is 18.4 Å². The maximum atomic E-state index is 12.7. The van der Waals surface area contributed by atoms with Crippen molar-refractivity contribution in [2.75, 3.05) is 12.1 Å². The first-order valence-corrected chi connectivity index (χ1v) is 8.32. The zero-order valence-corrected chi connectivity index (χ0v) is 14.5. The van der Waals surface area contributed by atoms with Crippen LogP contribution in [0.2, 0.25) is 0 Å². The van der Waals surface area contributed by atoms with Gasteiger partial charge in [0, 0.05) is 23.9 Å². The lowest BCUT2D eigenvalue weighted by molar-refractivity contribution is -0.384. The highest BCUT2D eigenvalue weighted by Crippen LogP contribution is 2.34. The van der Waals surface area contributed by atoms with Crippen LogP contribution in [0.4, 0.5) is 11.4 Å². The molecule has 3 aromatic carbocycles. The van der Waals surface area contributed by atoms with Crippen LogP contribution in [-0.2, 0) is 0 Å². The summed E-state index contributed by atoms with van der Waals surface area (Å²) in [5.74, 6) is 1.54. The summed E-state index contributed by atoms with van der Waals surface area (Å²) in [5.41, 5.74) is 0.832. The summed E-state index contributed by atoms with van der Waals surface area (Å²) in [6.07, 6.45) is 0. The summed E-state index contributed by atoms with van der Waals surface area (Å²) in [6.45, 7) is 0.151. The summed E-state index contributed by atoms with van der Waals surface area (Å²) in [5, 5.41) is 13.5. The van der Waals surface area contributed by atoms with Gasteiger partial charge in [0.25, 0.3) is 11.6 Å². The molecule has 0 fully saturated rings. The van der Waals surface area contributed by atoms with Crippen LogP contribution in [0.3, 0.4) is 0 Å². The maximum absolute atomic E-state index is 12.7. The number of benzene rings is 3. The number of para-hydroxylation sites is 1. The molecule has 1 amide bonds. The van der Waals surface area contributed by atoms with Crippen molar-refractivity contribution in [3.05, 3.63) is 82.4 Å². The Kier molecular flexibility index (Phi) is 4.51. The van der Waals surface area contributed by atoms with Crippen LogP contribution in [0.15, 0.2) is 66.7 Å². The predicted octanol–water partition coefficient (Wildman–Crippen LogP) is 4.37. The van der Waals surface area contributed by atoms with E-state index in [1.165, 1.54) is 24.3 Å². The average molecular weight is 378 g/mol. The van der Waals surface area contributed by atoms with Gasteiger partial charge in [0.2, 0.25) is 6.79 Å². The van der Waals surface area contributed by atoms with Gasteiger partial charge in [-0.05, 0) is 36.4 Å². The van der Waals surface area contributed by atoms with Gasteiger partial charge in [-0.15, -0.1) is 0 Å². The van der Waals surface area contributed by atoms with E-state index in [4.69, 9.17) is 14.2 Å². The minimum atomic E-state index is -0.490. The summed E-state index contributed by atoms with van der Waals surface area (Å²) < 4.78 is 16.3. The zero-order valence-electron chi connectivity index (χ0n) is 14.5. The fourth-order valence-corrected chi connectivity index (χ4v) is 2.68. The first kappa shape index (κ1) is 17.3. The molecule has 0 bridgehead atoms. The Morgan fingerprint density at radius 1 is 1.00 bits per heavy atom. The quantitative estimate of drug-likeness (QED) is 0.523. The van der Waals surface area contributed by atoms with Crippen molar-refractivity contribution >= 4 is 17.3 Å². The van der Waals surface area contributed by atoms with Gasteiger partial charge in [-0.3, -0.25) is 14.9 Å². The maximum Gasteiger partial charge on any atom is 0.269 e. The molecule has 8 nitrogen and oxygen atoms in total. The molecule has 1 heterocycles. The SMILES string of the molecule is O=C(Nc1ccc2c(c1)OCO2)c1ccccc1Oc1ccc([N+](=O)[O-])cc1. The van der Waals surface area contributed by atoms with Gasteiger partial charge in [-0.1, -0.05) is 12.1 Å². The number of hydrogen-bond acceptors (Lipinski definition) is 6. The highest BCUT2D eigenvalue weighted by Gasteiger charge is 2.17. The van der Waals surface area contributed by atoms with Crippen LogP contribution >= 0.6 is 0 Å². The predicted molar refractivity (Wildman–Crippen MR) is 100 cm³/mol. The Morgan fingerprint density at radius 2 is 1.75 bits per heavy atom. The molecule has 0 saturated heterocycles. The minimum Gasteiger partial charge on any atom is -0.457 e. The van der Waals surface area contributed by atoms with Crippen LogP contribution in [0.1, 0.15) is 10.4 Å². The molecule has 3 aromatic rings. The molecule has 0 radical (unpaired) electrons. The molecule has 0 atom stereocenters. The van der Waals surface area contributed by atoms with Crippen molar-refractivity contribution in [3.8, 4) is 23.0 Å². The molecule has 4 rings (SSSR count). The molecule has 0 unspecified atom stereocenters. The average Bonchev–Trinajstić information content (AvgIpc) is 3.16. The Bertz CT molecular complexity index is 1050. The Morgan fingerprint density at radius 3 is 2.54 bits per heavy atom. The number of carbonyl (C=O) groups is 1. The van der Waals surface area contributed by atoms with E-state index < -0.39 is 4.92 Å². The molecule has 0 aromatic heterocycles. The number of nitro groups is 1. The Hall–Kier alpha value is -4.07. The van der Waals surface area contributed by atoms with Crippen molar-refractivity contribution in [1.29, 1.82) is 0 Å². The molecule has 1 N–H and O–H groups in total. The van der Waals surface area contributed by atoms with E-state index in [0.717, 1.165) is 0 Å². The second-order valence-corrected chi connectivity index (χ2v) is 5.87. The number of ether oxygens (including phenoxy) is 3. The summed E-state index contributed by atoms with van der Waals surface area (Å²) in [4.78, 5) is 23.0. The van der Waals surface area contributed by atoms with E-state index in [1.54, 1.807) is 42.5 Å². The second-order valence-electron chi connectivity index (χ2n) is 5.87. The van der Waals surface area contributed by atoms with E-state index in [0.29, 0.717) is 34.2 Å². The van der Waals surface area contributed by atoms with E-state index in [1.807, 2.05) is 0 Å². The summed E-state index contributed by atoms with van der Waals surface area (Å²) >= 11 is 0. The third kappa shape index (κ3) is 3.56. The summed E-state index contributed by atoms with van der Waals surface area (Å²) in [7, 11) is 0. The molecule has 0 spiro atoms. The number of non-ortho nitro benzene ring substituents is 1. The number of nitro benzene ring substituents is 1. The van der Waals surface area contributed by atoms with Crippen LogP contribution < -0.4 is 19.5 Å². The molecule has 28 heavy (non-hydrogen) atoms. The molecule has 1 aliphatic rings. The number of anilines is 1. The van der Waals surface area contributed by atoms with Crippen LogP contribution in [-0.4, -0.2) is 17.6 Å². The molecular weight excluding hydrogens is 364 g/mol. The van der Waals surface area contributed by atoms with E-state index in [9.17, 15) is 14.9 Å². The van der Waals surface area contributed by atoms with Gasteiger partial charge in [0.15, 0.2) is 11.5 Å². The van der Waals surface area contributed by atoms with Gasteiger partial charge in [0.1, 0.15) is 11.5 Å². The van der Waals surface area contributed by atoms with Crippen molar-refractivity contribution in [2.24, 2.45) is 0 Å². The highest BCUT2D eigenvalue weighted by atomic mass is 16.7. The number of hydrogen-bond donors (Lipinski definition) is 1. The Labute approximate surface area is 159 Å². The van der Waals surface area contributed by atoms with Crippen LogP contribution in [0.25, 0.3) is 0 Å². The number of carbonyl (C=O) groups excluding carboxylic acids is 1. The Balaban J connectivity index is 1.53. The number of nitrogens with one attached hydrogen (secondary N) is 1. The fraction of sp³-hybridized carbons (Fsp3) is 0.0500. The highest BCUT2D eigenvalue weighted by molar-refractivity contribution is 6.06. The third-order valence-corrected chi connectivity index (χ3v) is 4.04. The van der Waals surface area contributed by atoms with Gasteiger partial charge in [0.05, 0.1) is 10.5 Å². The molecule has 0 aliphatic carbocycles. The lowest BCUT2D eigenvalue weighted by Gasteiger charge is -2.11. The largest absolute Gasteiger partial charge is 0.457 e. The van der Waals surface area contributed by atoms with E-state index >= 15 is 0 Å². The molecule has 0 saturated carbocycles. The normalized spacial score (nSPS) is 11.7. The smallest absolute Gasteiger partial charge is 0.269 e. The van der Waals surface area contributed by atoms with E-state index in [2.05, 4.69) is 5.32 Å². The van der Waals surface area contributed by atoms with Gasteiger partial charge >= 0.3 is 0 Å². The van der Waals surface area contributed by atoms with Gasteiger partial charge in [-0.2, -0.15) is 0 Å². The fourth-order valence-electron chi connectivity index (χ4n) is 2.68. The van der Waals surface area contributed by atoms with Gasteiger partial charge in [-0.25, -0.2) is 0 Å². The van der Waals surface area contributed by atoms with Crippen molar-refractivity contribution < 1.29 is 23.9 Å². The number of nitrogens with zero attached hydrogens (tertiary/aromatic N) is 1. The first-order chi connectivity index (χ1) is 13.6. The van der Waals surface area contributed by atoms with Crippen molar-refractivity contribution in [3.63, 3.8) is 0 Å². The first-order valence-electron chi connectivity index (χ1n) is 8.32. The third-order valence-electron chi connectivity index (χ3n) is 4.04. The molecule has 1 aliphatic heterocycles. The number of rotatable bonds is 5.